The fourth-order valence-corrected chi connectivity index (χ4v) is 7.24. The van der Waals surface area contributed by atoms with Gasteiger partial charge in [-0.1, -0.05) is 33.3 Å². The minimum absolute atomic E-state index is 0.00328. The molecule has 9 heteroatoms. The van der Waals surface area contributed by atoms with Crippen molar-refractivity contribution in [3.05, 3.63) is 22.3 Å². The van der Waals surface area contributed by atoms with Crippen molar-refractivity contribution < 1.29 is 44.5 Å². The van der Waals surface area contributed by atoms with Gasteiger partial charge in [0.15, 0.2) is 6.29 Å². The van der Waals surface area contributed by atoms with Crippen LogP contribution in [0, 0.1) is 23.2 Å². The summed E-state index contributed by atoms with van der Waals surface area (Å²) < 4.78 is 22.9. The van der Waals surface area contributed by atoms with Gasteiger partial charge in [0.05, 0.1) is 25.4 Å². The Labute approximate surface area is 220 Å². The lowest BCUT2D eigenvalue weighted by atomic mass is 9.64. The van der Waals surface area contributed by atoms with Gasteiger partial charge in [-0.15, -0.1) is 0 Å². The third kappa shape index (κ3) is 4.96. The van der Waals surface area contributed by atoms with Crippen LogP contribution >= 0.6 is 0 Å². The van der Waals surface area contributed by atoms with Gasteiger partial charge in [0.25, 0.3) is 0 Å². The number of aliphatic hydroxyl groups excluding tert-OH is 5. The van der Waals surface area contributed by atoms with Gasteiger partial charge in [0.2, 0.25) is 0 Å². The highest BCUT2D eigenvalue weighted by Crippen LogP contribution is 2.57. The highest BCUT2D eigenvalue weighted by Gasteiger charge is 2.56. The van der Waals surface area contributed by atoms with E-state index in [-0.39, 0.29) is 24.4 Å². The van der Waals surface area contributed by atoms with E-state index in [0.29, 0.717) is 13.0 Å². The molecular formula is C28H46O9. The second-order valence-electron chi connectivity index (χ2n) is 11.9. The summed E-state index contributed by atoms with van der Waals surface area (Å²) in [6, 6.07) is 0. The van der Waals surface area contributed by atoms with Gasteiger partial charge in [0, 0.05) is 19.6 Å². The second kappa shape index (κ2) is 11.3. The van der Waals surface area contributed by atoms with Crippen LogP contribution in [0.3, 0.4) is 0 Å². The number of rotatable bonds is 7. The van der Waals surface area contributed by atoms with Crippen molar-refractivity contribution in [2.45, 2.75) is 102 Å². The lowest BCUT2D eigenvalue weighted by molar-refractivity contribution is -0.317. The van der Waals surface area contributed by atoms with E-state index in [0.717, 1.165) is 41.6 Å². The molecule has 3 aliphatic carbocycles. The first-order chi connectivity index (χ1) is 17.5. The fourth-order valence-electron chi connectivity index (χ4n) is 7.24. The van der Waals surface area contributed by atoms with Crippen LogP contribution in [0.4, 0.5) is 0 Å². The number of hydrogen-bond acceptors (Lipinski definition) is 9. The van der Waals surface area contributed by atoms with Crippen LogP contribution in [0.5, 0.6) is 0 Å². The molecule has 11 atom stereocenters. The number of hydrogen-bond donors (Lipinski definition) is 5. The van der Waals surface area contributed by atoms with Crippen LogP contribution in [0.25, 0.3) is 0 Å². The Morgan fingerprint density at radius 3 is 2.30 bits per heavy atom. The molecular weight excluding hydrogens is 480 g/mol. The monoisotopic (exact) mass is 526 g/mol. The molecule has 2 fully saturated rings. The minimum atomic E-state index is -1.52. The van der Waals surface area contributed by atoms with Crippen LogP contribution in [-0.4, -0.2) is 102 Å². The number of allylic oxidation sites excluding steroid dienone is 1. The average Bonchev–Trinajstić information content (AvgIpc) is 3.44. The molecule has 0 spiro atoms. The Bertz CT molecular complexity index is 885. The molecule has 0 aromatic heterocycles. The first kappa shape index (κ1) is 29.1. The fraction of sp³-hybridized carbons (Fsp3) is 0.857. The zero-order valence-electron chi connectivity index (χ0n) is 23.0. The number of aliphatic hydroxyl groups is 5. The summed E-state index contributed by atoms with van der Waals surface area (Å²) in [5.41, 5.74) is 3.39. The highest BCUT2D eigenvalue weighted by atomic mass is 16.7. The second-order valence-corrected chi connectivity index (χ2v) is 11.9. The summed E-state index contributed by atoms with van der Waals surface area (Å²) in [6.07, 6.45) is -6.05. The van der Waals surface area contributed by atoms with E-state index in [4.69, 9.17) is 18.9 Å². The predicted octanol–water partition coefficient (Wildman–Crippen LogP) is 1.30. The van der Waals surface area contributed by atoms with Crippen LogP contribution in [0.2, 0.25) is 0 Å². The third-order valence-electron chi connectivity index (χ3n) is 9.40. The molecule has 1 aliphatic heterocycles. The Morgan fingerprint density at radius 2 is 1.68 bits per heavy atom. The SMILES string of the molecule is COCC1=C2[C@@H](CC1)[C@@H](C)[C@@H](O)[C@H](O[C@H]1O[C@H](COC)[C@@H](O)[C@H](O)[C@H]1O)C1=C(C(C)C)CC[C@]1(C)[C@H]2O. The first-order valence-corrected chi connectivity index (χ1v) is 13.6. The smallest absolute Gasteiger partial charge is 0.187 e. The van der Waals surface area contributed by atoms with Crippen LogP contribution in [0.15, 0.2) is 22.3 Å². The molecule has 212 valence electrons. The quantitative estimate of drug-likeness (QED) is 0.311. The van der Waals surface area contributed by atoms with Crippen molar-refractivity contribution >= 4 is 0 Å². The maximum Gasteiger partial charge on any atom is 0.187 e. The van der Waals surface area contributed by atoms with E-state index in [1.165, 1.54) is 7.11 Å². The molecule has 9 nitrogen and oxygen atoms in total. The molecule has 0 unspecified atom stereocenters. The molecule has 4 aliphatic rings. The molecule has 1 heterocycles. The molecule has 0 radical (unpaired) electrons. The molecule has 1 saturated carbocycles. The summed E-state index contributed by atoms with van der Waals surface area (Å²) >= 11 is 0. The van der Waals surface area contributed by atoms with E-state index in [2.05, 4.69) is 13.8 Å². The maximum absolute atomic E-state index is 12.0. The maximum atomic E-state index is 12.0. The van der Waals surface area contributed by atoms with Crippen LogP contribution in [-0.2, 0) is 18.9 Å². The molecule has 1 saturated heterocycles. The van der Waals surface area contributed by atoms with Crippen molar-refractivity contribution in [3.8, 4) is 0 Å². The van der Waals surface area contributed by atoms with Crippen molar-refractivity contribution in [2.24, 2.45) is 23.2 Å². The highest BCUT2D eigenvalue weighted by molar-refractivity contribution is 5.42. The normalized spacial score (nSPS) is 44.8. The zero-order valence-corrected chi connectivity index (χ0v) is 23.0. The standard InChI is InChI=1S/C28H46O9/c1-13(2)16-9-10-28(4)20(16)25(37-27-24(32)23(31)22(30)18(36-27)12-35-6)21(29)14(3)17-8-7-15(11-34-5)19(17)26(28)33/h13-14,17-18,21-27,29-33H,7-12H2,1-6H3/t14-,17+,18-,21-,22-,23+,24-,25-,26+,27-,28+/m1/s1. The van der Waals surface area contributed by atoms with Gasteiger partial charge in [-0.3, -0.25) is 0 Å². The summed E-state index contributed by atoms with van der Waals surface area (Å²) in [5.74, 6) is -0.121. The van der Waals surface area contributed by atoms with Gasteiger partial charge in [-0.05, 0) is 60.2 Å². The lowest BCUT2D eigenvalue weighted by Crippen LogP contribution is -2.61. The third-order valence-corrected chi connectivity index (χ3v) is 9.40. The average molecular weight is 527 g/mol. The first-order valence-electron chi connectivity index (χ1n) is 13.6. The minimum Gasteiger partial charge on any atom is -0.390 e. The van der Waals surface area contributed by atoms with E-state index >= 15 is 0 Å². The van der Waals surface area contributed by atoms with E-state index in [1.54, 1.807) is 7.11 Å². The number of ether oxygens (including phenoxy) is 4. The van der Waals surface area contributed by atoms with Crippen molar-refractivity contribution in [3.63, 3.8) is 0 Å². The van der Waals surface area contributed by atoms with E-state index in [1.807, 2.05) is 13.8 Å². The number of fused-ring (bicyclic) bond motifs is 2. The van der Waals surface area contributed by atoms with Gasteiger partial charge in [0.1, 0.15) is 30.5 Å². The van der Waals surface area contributed by atoms with E-state index in [9.17, 15) is 25.5 Å². The molecule has 4 rings (SSSR count). The van der Waals surface area contributed by atoms with Gasteiger partial charge < -0.3 is 44.5 Å². The van der Waals surface area contributed by atoms with Crippen LogP contribution < -0.4 is 0 Å². The molecule has 0 aromatic rings. The predicted molar refractivity (Wildman–Crippen MR) is 135 cm³/mol. The van der Waals surface area contributed by atoms with Gasteiger partial charge >= 0.3 is 0 Å². The summed E-state index contributed by atoms with van der Waals surface area (Å²) in [5, 5.41) is 55.6. The summed E-state index contributed by atoms with van der Waals surface area (Å²) in [7, 11) is 3.12. The Kier molecular flexibility index (Phi) is 8.90. The van der Waals surface area contributed by atoms with Gasteiger partial charge in [-0.2, -0.15) is 0 Å². The molecule has 0 bridgehead atoms. The summed E-state index contributed by atoms with van der Waals surface area (Å²) in [6.45, 7) is 8.68. The molecule has 5 N–H and O–H groups in total. The lowest BCUT2D eigenvalue weighted by Gasteiger charge is -2.48. The van der Waals surface area contributed by atoms with Crippen molar-refractivity contribution in [1.29, 1.82) is 0 Å². The Balaban J connectivity index is 1.79. The number of methoxy groups -OCH3 is 2. The van der Waals surface area contributed by atoms with Crippen molar-refractivity contribution in [1.82, 2.24) is 0 Å². The topological polar surface area (TPSA) is 138 Å². The molecule has 0 amide bonds. The van der Waals surface area contributed by atoms with Gasteiger partial charge in [-0.25, -0.2) is 0 Å². The van der Waals surface area contributed by atoms with E-state index < -0.39 is 54.4 Å². The van der Waals surface area contributed by atoms with Crippen LogP contribution in [0.1, 0.15) is 53.4 Å². The summed E-state index contributed by atoms with van der Waals surface area (Å²) in [4.78, 5) is 0. The molecule has 0 aromatic carbocycles. The Hall–Kier alpha value is -0.880. The van der Waals surface area contributed by atoms with Crippen molar-refractivity contribution in [2.75, 3.05) is 27.4 Å². The zero-order chi connectivity index (χ0) is 27.2. The largest absolute Gasteiger partial charge is 0.390 e. The Morgan fingerprint density at radius 1 is 0.973 bits per heavy atom. The molecule has 37 heavy (non-hydrogen) atoms.